The Morgan fingerprint density at radius 2 is 1.85 bits per heavy atom. The molecule has 0 radical (unpaired) electrons. The first-order valence-electron chi connectivity index (χ1n) is 2.96. The number of hydrogen-bond acceptors (Lipinski definition) is 5. The molecule has 0 unspecified atom stereocenters. The van der Waals surface area contributed by atoms with Crippen molar-refractivity contribution >= 4 is 18.4 Å². The molecule has 4 nitrogen and oxygen atoms in total. The van der Waals surface area contributed by atoms with Crippen molar-refractivity contribution in [2.24, 2.45) is 0 Å². The van der Waals surface area contributed by atoms with Crippen LogP contribution in [0.3, 0.4) is 0 Å². The Bertz CT molecular complexity index is 369. The second-order valence-corrected chi connectivity index (χ2v) is 2.38. The summed E-state index contributed by atoms with van der Waals surface area (Å²) >= 11 is 4.72. The number of aromatic nitrogens is 1. The van der Waals surface area contributed by atoms with Gasteiger partial charge < -0.3 is 18.4 Å². The molecule has 1 rings (SSSR count). The third-order valence-corrected chi connectivity index (χ3v) is 1.57. The molecule has 1 aromatic heterocycles. The molecule has 0 spiro atoms. The van der Waals surface area contributed by atoms with Gasteiger partial charge in [0.15, 0.2) is 0 Å². The van der Waals surface area contributed by atoms with Crippen molar-refractivity contribution in [1.82, 2.24) is 4.98 Å². The van der Waals surface area contributed by atoms with Crippen LogP contribution in [0.5, 0.6) is 0 Å². The Kier molecular flexibility index (Phi) is 4.68. The zero-order chi connectivity index (χ0) is 9.14. The Morgan fingerprint density at radius 3 is 2.31 bits per heavy atom. The van der Waals surface area contributed by atoms with Crippen LogP contribution in [-0.4, -0.2) is 4.98 Å². The molecule has 13 heavy (non-hydrogen) atoms. The third-order valence-electron chi connectivity index (χ3n) is 1.26. The summed E-state index contributed by atoms with van der Waals surface area (Å²) in [5, 5.41) is 17.2. The van der Waals surface area contributed by atoms with E-state index in [-0.39, 0.29) is 51.5 Å². The van der Waals surface area contributed by atoms with E-state index in [4.69, 9.17) is 28.9 Å². The number of nitrogens with two attached hydrogens (primary N) is 1. The van der Waals surface area contributed by atoms with Crippen LogP contribution in [0.25, 0.3) is 0 Å². The van der Waals surface area contributed by atoms with Gasteiger partial charge in [-0.3, -0.25) is 4.98 Å². The van der Waals surface area contributed by atoms with Crippen LogP contribution in [0.15, 0.2) is 11.1 Å². The second kappa shape index (κ2) is 5.00. The molecule has 0 aliphatic carbocycles. The van der Waals surface area contributed by atoms with Gasteiger partial charge in [0.2, 0.25) is 0 Å². The molecule has 2 N–H and O–H groups in total. The first kappa shape index (κ1) is 12.2. The molecule has 0 saturated heterocycles. The van der Waals surface area contributed by atoms with E-state index in [2.05, 4.69) is 4.98 Å². The van der Waals surface area contributed by atoms with E-state index in [1.807, 2.05) is 12.1 Å². The van der Waals surface area contributed by atoms with Crippen LogP contribution < -0.4 is 35.3 Å². The maximum Gasteiger partial charge on any atom is 1.00 e. The Balaban J connectivity index is 0.00000144. The van der Waals surface area contributed by atoms with Crippen molar-refractivity contribution in [2.75, 3.05) is 5.73 Å². The quantitative estimate of drug-likeness (QED) is 0.362. The fourth-order valence-electron chi connectivity index (χ4n) is 0.680. The third kappa shape index (κ3) is 2.55. The molecule has 0 aliphatic rings. The summed E-state index contributed by atoms with van der Waals surface area (Å²) in [6.45, 7) is 0. The summed E-state index contributed by atoms with van der Waals surface area (Å²) < 4.78 is 0. The molecular weight excluding hydrogens is 195 g/mol. The summed E-state index contributed by atoms with van der Waals surface area (Å²) in [5.41, 5.74) is 5.73. The zero-order valence-corrected chi connectivity index (χ0v) is 9.72. The molecule has 0 atom stereocenters. The van der Waals surface area contributed by atoms with Crippen LogP contribution in [0.1, 0.15) is 11.1 Å². The predicted molar refractivity (Wildman–Crippen MR) is 43.7 cm³/mol. The molecule has 0 aliphatic heterocycles. The van der Waals surface area contributed by atoms with Crippen LogP contribution in [0, 0.1) is 22.7 Å². The van der Waals surface area contributed by atoms with E-state index in [0.717, 1.165) is 0 Å². The largest absolute Gasteiger partial charge is 1.00 e. The number of rotatable bonds is 0. The molecule has 58 valence electrons. The Morgan fingerprint density at radius 1 is 1.31 bits per heavy atom. The molecule has 0 aromatic carbocycles. The summed E-state index contributed by atoms with van der Waals surface area (Å²) in [6, 6.07) is 4.97. The van der Waals surface area contributed by atoms with Crippen molar-refractivity contribution in [3.05, 3.63) is 17.2 Å². The van der Waals surface area contributed by atoms with Crippen molar-refractivity contribution < 1.29 is 29.6 Å². The normalized spacial score (nSPS) is 7.85. The van der Waals surface area contributed by atoms with E-state index >= 15 is 0 Å². The van der Waals surface area contributed by atoms with Gasteiger partial charge in [0.05, 0.1) is 17.2 Å². The first-order valence-corrected chi connectivity index (χ1v) is 3.37. The van der Waals surface area contributed by atoms with E-state index < -0.39 is 0 Å². The van der Waals surface area contributed by atoms with Crippen molar-refractivity contribution in [3.8, 4) is 12.1 Å². The minimum Gasteiger partial charge on any atom is -0.759 e. The standard InChI is InChI=1S/C7H4N4S.Na/c8-2-4-1-5(3-9)7(12)11-6(4)10;/h1H,(H3,10,11,12);/q;+1/p-1. The van der Waals surface area contributed by atoms with Gasteiger partial charge in [-0.25, -0.2) is 0 Å². The monoisotopic (exact) mass is 198 g/mol. The number of anilines is 1. The molecule has 0 bridgehead atoms. The fraction of sp³-hybridized carbons (Fsp3) is 0. The molecule has 6 heteroatoms. The number of nitrogen functional groups attached to an aromatic ring is 1. The summed E-state index contributed by atoms with van der Waals surface area (Å²) in [7, 11) is 0. The van der Waals surface area contributed by atoms with Gasteiger partial charge in [0.25, 0.3) is 0 Å². The van der Waals surface area contributed by atoms with Gasteiger partial charge in [-0.2, -0.15) is 10.5 Å². The van der Waals surface area contributed by atoms with Gasteiger partial charge >= 0.3 is 29.6 Å². The van der Waals surface area contributed by atoms with Crippen LogP contribution in [-0.2, 0) is 12.6 Å². The SMILES string of the molecule is N#Cc1cc(C#N)c([S-])nc1N.[Na+]. The zero-order valence-electron chi connectivity index (χ0n) is 6.90. The molecular formula is C7H3N4NaS. The Labute approximate surface area is 103 Å². The summed E-state index contributed by atoms with van der Waals surface area (Å²) in [6.07, 6.45) is 0. The van der Waals surface area contributed by atoms with Crippen LogP contribution in [0.4, 0.5) is 5.82 Å². The van der Waals surface area contributed by atoms with Crippen molar-refractivity contribution in [1.29, 1.82) is 10.5 Å². The second-order valence-electron chi connectivity index (χ2n) is 2.00. The maximum absolute atomic E-state index is 8.52. The predicted octanol–water partition coefficient (Wildman–Crippen LogP) is -2.68. The first-order chi connectivity index (χ1) is 5.69. The minimum absolute atomic E-state index is 0. The number of nitrogens with zero attached hydrogens (tertiary/aromatic N) is 3. The number of pyridine rings is 1. The summed E-state index contributed by atoms with van der Waals surface area (Å²) in [5.74, 6) is 0.0708. The van der Waals surface area contributed by atoms with Gasteiger partial charge in [-0.05, 0) is 6.07 Å². The van der Waals surface area contributed by atoms with Crippen LogP contribution >= 0.6 is 0 Å². The Hall–Kier alpha value is -0.850. The van der Waals surface area contributed by atoms with Crippen molar-refractivity contribution in [3.63, 3.8) is 0 Å². The molecule has 1 heterocycles. The number of hydrogen-bond donors (Lipinski definition) is 1. The van der Waals surface area contributed by atoms with E-state index in [1.165, 1.54) is 6.07 Å². The van der Waals surface area contributed by atoms with Gasteiger partial charge in [0.1, 0.15) is 11.9 Å². The fourth-order valence-corrected chi connectivity index (χ4v) is 0.882. The minimum atomic E-state index is 0. The van der Waals surface area contributed by atoms with E-state index in [9.17, 15) is 0 Å². The average molecular weight is 198 g/mol. The molecule has 1 aromatic rings. The van der Waals surface area contributed by atoms with Crippen molar-refractivity contribution in [2.45, 2.75) is 5.03 Å². The summed E-state index contributed by atoms with van der Waals surface area (Å²) in [4.78, 5) is 3.66. The maximum atomic E-state index is 8.52. The number of nitriles is 2. The van der Waals surface area contributed by atoms with Gasteiger partial charge in [-0.15, -0.1) is 0 Å². The van der Waals surface area contributed by atoms with E-state index in [1.54, 1.807) is 0 Å². The van der Waals surface area contributed by atoms with E-state index in [0.29, 0.717) is 0 Å². The van der Waals surface area contributed by atoms with Crippen LogP contribution in [0.2, 0.25) is 0 Å². The van der Waals surface area contributed by atoms with Gasteiger partial charge in [-0.1, -0.05) is 5.03 Å². The molecule has 0 amide bonds. The smallest absolute Gasteiger partial charge is 0.759 e. The average Bonchev–Trinajstić information content (AvgIpc) is 2.05. The molecule has 0 fully saturated rings. The molecule has 0 saturated carbocycles. The van der Waals surface area contributed by atoms with Gasteiger partial charge in [0, 0.05) is 0 Å². The topological polar surface area (TPSA) is 86.5 Å².